The number of rotatable bonds is 4. The first-order valence-electron chi connectivity index (χ1n) is 7.24. The summed E-state index contributed by atoms with van der Waals surface area (Å²) in [6.07, 6.45) is 4.21. The summed E-state index contributed by atoms with van der Waals surface area (Å²) < 4.78 is 0.918. The Labute approximate surface area is 134 Å². The third kappa shape index (κ3) is 2.66. The monoisotopic (exact) mass is 359 g/mol. The molecule has 0 bridgehead atoms. The Balaban J connectivity index is 2.42. The molecule has 4 heteroatoms. The molecular weight excluding hydrogens is 338 g/mol. The van der Waals surface area contributed by atoms with E-state index in [0.29, 0.717) is 17.5 Å². The predicted molar refractivity (Wildman–Crippen MR) is 87.8 cm³/mol. The third-order valence-corrected chi connectivity index (χ3v) is 5.97. The minimum absolute atomic E-state index is 0.273. The topological polar surface area (TPSA) is 46.2 Å². The fourth-order valence-electron chi connectivity index (χ4n) is 3.58. The van der Waals surface area contributed by atoms with Crippen molar-refractivity contribution in [2.45, 2.75) is 45.1 Å². The van der Waals surface area contributed by atoms with Crippen molar-refractivity contribution < 1.29 is 5.11 Å². The maximum absolute atomic E-state index is 11.2. The van der Waals surface area contributed by atoms with E-state index < -0.39 is 5.60 Å². The van der Waals surface area contributed by atoms with Gasteiger partial charge in [-0.25, -0.2) is 0 Å². The van der Waals surface area contributed by atoms with Gasteiger partial charge in [0.1, 0.15) is 0 Å². The van der Waals surface area contributed by atoms with Crippen LogP contribution in [-0.2, 0) is 5.60 Å². The van der Waals surface area contributed by atoms with E-state index in [9.17, 15) is 5.11 Å². The molecule has 112 valence electrons. The zero-order valence-electron chi connectivity index (χ0n) is 12.1. The minimum atomic E-state index is -0.997. The van der Waals surface area contributed by atoms with Gasteiger partial charge in [0.25, 0.3) is 0 Å². The van der Waals surface area contributed by atoms with Gasteiger partial charge in [-0.2, -0.15) is 0 Å². The van der Waals surface area contributed by atoms with Crippen molar-refractivity contribution >= 4 is 27.5 Å². The molecule has 1 saturated carbocycles. The molecule has 1 fully saturated rings. The molecule has 3 N–H and O–H groups in total. The van der Waals surface area contributed by atoms with Crippen molar-refractivity contribution in [2.75, 3.05) is 6.54 Å². The zero-order chi connectivity index (χ0) is 15.0. The lowest BCUT2D eigenvalue weighted by molar-refractivity contribution is -0.0714. The Morgan fingerprint density at radius 2 is 2.25 bits per heavy atom. The molecule has 3 unspecified atom stereocenters. The lowest BCUT2D eigenvalue weighted by Crippen LogP contribution is -2.47. The van der Waals surface area contributed by atoms with Crippen LogP contribution in [0.3, 0.4) is 0 Å². The number of nitrogens with two attached hydrogens (primary N) is 1. The van der Waals surface area contributed by atoms with Crippen LogP contribution >= 0.6 is 27.5 Å². The lowest BCUT2D eigenvalue weighted by Gasteiger charge is -2.43. The average molecular weight is 361 g/mol. The van der Waals surface area contributed by atoms with Gasteiger partial charge in [0.2, 0.25) is 0 Å². The van der Waals surface area contributed by atoms with Gasteiger partial charge in [-0.3, -0.25) is 0 Å². The maximum Gasteiger partial charge on any atom is 0.0950 e. The number of hydrogen-bond acceptors (Lipinski definition) is 2. The normalized spacial score (nSPS) is 29.4. The summed E-state index contributed by atoms with van der Waals surface area (Å²) in [6, 6.07) is 5.66. The number of halogens is 2. The van der Waals surface area contributed by atoms with Crippen LogP contribution in [0.15, 0.2) is 22.7 Å². The van der Waals surface area contributed by atoms with Gasteiger partial charge < -0.3 is 10.8 Å². The second-order valence-corrected chi connectivity index (χ2v) is 7.52. The Morgan fingerprint density at radius 1 is 1.55 bits per heavy atom. The van der Waals surface area contributed by atoms with Gasteiger partial charge in [-0.05, 0) is 44.2 Å². The molecule has 0 heterocycles. The first kappa shape index (κ1) is 16.3. The predicted octanol–water partition coefficient (Wildman–Crippen LogP) is 4.47. The summed E-state index contributed by atoms with van der Waals surface area (Å²) in [4.78, 5) is 0. The van der Waals surface area contributed by atoms with Crippen molar-refractivity contribution in [2.24, 2.45) is 17.1 Å². The largest absolute Gasteiger partial charge is 0.385 e. The highest BCUT2D eigenvalue weighted by Gasteiger charge is 2.51. The molecular formula is C16H23BrClNO. The van der Waals surface area contributed by atoms with Crippen LogP contribution in [0.4, 0.5) is 0 Å². The lowest BCUT2D eigenvalue weighted by atomic mass is 9.67. The molecule has 3 atom stereocenters. The van der Waals surface area contributed by atoms with Gasteiger partial charge in [-0.15, -0.1) is 0 Å². The Bertz CT molecular complexity index is 491. The molecule has 1 aliphatic carbocycles. The molecule has 1 aliphatic rings. The van der Waals surface area contributed by atoms with Crippen molar-refractivity contribution in [3.8, 4) is 0 Å². The van der Waals surface area contributed by atoms with Crippen LogP contribution in [0.2, 0.25) is 5.02 Å². The Kier molecular flexibility index (Phi) is 4.85. The molecule has 20 heavy (non-hydrogen) atoms. The SMILES string of the molecule is CCC1CCC(CN)(C(C)(O)c2ccc(Br)cc2Cl)C1. The molecule has 0 saturated heterocycles. The molecule has 2 rings (SSSR count). The van der Waals surface area contributed by atoms with Crippen LogP contribution in [-0.4, -0.2) is 11.7 Å². The standard InChI is InChI=1S/C16H23BrClNO/c1-3-11-6-7-16(9-11,10-19)15(2,20)13-5-4-12(17)8-14(13)18/h4-5,8,11,20H,3,6-7,9-10,19H2,1-2H3. The Hall–Kier alpha value is -0.0900. The first-order chi connectivity index (χ1) is 9.36. The van der Waals surface area contributed by atoms with Gasteiger partial charge in [0, 0.05) is 27.0 Å². The van der Waals surface area contributed by atoms with E-state index in [1.54, 1.807) is 0 Å². The molecule has 0 spiro atoms. The minimum Gasteiger partial charge on any atom is -0.385 e. The summed E-state index contributed by atoms with van der Waals surface area (Å²) in [5.41, 5.74) is 5.59. The van der Waals surface area contributed by atoms with Crippen molar-refractivity contribution in [3.63, 3.8) is 0 Å². The second-order valence-electron chi connectivity index (χ2n) is 6.20. The second kappa shape index (κ2) is 5.96. The van der Waals surface area contributed by atoms with Crippen LogP contribution in [0.5, 0.6) is 0 Å². The van der Waals surface area contributed by atoms with E-state index in [2.05, 4.69) is 22.9 Å². The highest BCUT2D eigenvalue weighted by molar-refractivity contribution is 9.10. The molecule has 0 amide bonds. The first-order valence-corrected chi connectivity index (χ1v) is 8.41. The van der Waals surface area contributed by atoms with E-state index in [4.69, 9.17) is 17.3 Å². The van der Waals surface area contributed by atoms with E-state index in [1.165, 1.54) is 0 Å². The van der Waals surface area contributed by atoms with Crippen LogP contribution < -0.4 is 5.73 Å². The van der Waals surface area contributed by atoms with Crippen molar-refractivity contribution in [3.05, 3.63) is 33.3 Å². The van der Waals surface area contributed by atoms with Crippen molar-refractivity contribution in [1.29, 1.82) is 0 Å². The summed E-state index contributed by atoms with van der Waals surface area (Å²) >= 11 is 9.76. The van der Waals surface area contributed by atoms with Gasteiger partial charge in [-0.1, -0.05) is 46.9 Å². The van der Waals surface area contributed by atoms with Crippen LogP contribution in [0.1, 0.15) is 45.1 Å². The Morgan fingerprint density at radius 3 is 2.75 bits per heavy atom. The van der Waals surface area contributed by atoms with Gasteiger partial charge in [0.05, 0.1) is 5.60 Å². The summed E-state index contributed by atoms with van der Waals surface area (Å²) in [7, 11) is 0. The summed E-state index contributed by atoms with van der Waals surface area (Å²) in [5.74, 6) is 0.652. The van der Waals surface area contributed by atoms with Crippen molar-refractivity contribution in [1.82, 2.24) is 0 Å². The van der Waals surface area contributed by atoms with E-state index >= 15 is 0 Å². The highest BCUT2D eigenvalue weighted by Crippen LogP contribution is 2.54. The molecule has 1 aromatic rings. The molecule has 0 aromatic heterocycles. The summed E-state index contributed by atoms with van der Waals surface area (Å²) in [6.45, 7) is 4.56. The fraction of sp³-hybridized carbons (Fsp3) is 0.625. The highest BCUT2D eigenvalue weighted by atomic mass is 79.9. The number of hydrogen-bond donors (Lipinski definition) is 2. The van der Waals surface area contributed by atoms with Gasteiger partial charge in [0.15, 0.2) is 0 Å². The van der Waals surface area contributed by atoms with Gasteiger partial charge >= 0.3 is 0 Å². The van der Waals surface area contributed by atoms with E-state index in [0.717, 1.165) is 35.7 Å². The van der Waals surface area contributed by atoms with E-state index in [1.807, 2.05) is 25.1 Å². The smallest absolute Gasteiger partial charge is 0.0950 e. The van der Waals surface area contributed by atoms with E-state index in [-0.39, 0.29) is 5.41 Å². The average Bonchev–Trinajstić information content (AvgIpc) is 2.83. The van der Waals surface area contributed by atoms with Crippen LogP contribution in [0.25, 0.3) is 0 Å². The third-order valence-electron chi connectivity index (χ3n) is 5.17. The maximum atomic E-state index is 11.2. The molecule has 2 nitrogen and oxygen atoms in total. The van der Waals surface area contributed by atoms with Crippen LogP contribution in [0, 0.1) is 11.3 Å². The summed E-state index contributed by atoms with van der Waals surface area (Å²) in [5, 5.41) is 11.8. The number of aliphatic hydroxyl groups is 1. The molecule has 0 aliphatic heterocycles. The molecule has 1 aromatic carbocycles. The molecule has 0 radical (unpaired) electrons. The fourth-order valence-corrected chi connectivity index (χ4v) is 4.44. The zero-order valence-corrected chi connectivity index (χ0v) is 14.5. The quantitative estimate of drug-likeness (QED) is 0.832. The number of benzene rings is 1.